The topological polar surface area (TPSA) is 79.0 Å². The van der Waals surface area contributed by atoms with E-state index in [-0.39, 0.29) is 12.0 Å². The summed E-state index contributed by atoms with van der Waals surface area (Å²) in [7, 11) is 0. The molecule has 0 bridgehead atoms. The lowest BCUT2D eigenvalue weighted by Gasteiger charge is -2.22. The number of ether oxygens (including phenoxy) is 1. The quantitative estimate of drug-likeness (QED) is 0.725. The summed E-state index contributed by atoms with van der Waals surface area (Å²) in [6.07, 6.45) is 1.31. The van der Waals surface area contributed by atoms with Crippen LogP contribution in [0.3, 0.4) is 0 Å². The second-order valence-corrected chi connectivity index (χ2v) is 6.05. The van der Waals surface area contributed by atoms with Crippen LogP contribution in [0.4, 0.5) is 0 Å². The first-order valence-electron chi connectivity index (χ1n) is 8.20. The maximum Gasteiger partial charge on any atom is 0.250 e. The summed E-state index contributed by atoms with van der Waals surface area (Å²) in [5.74, 6) is 0.937. The first kappa shape index (κ1) is 16.0. The SMILES string of the molecule is Cc1ccc2[nH]c(CCCNC(=O)[C@@H]3CNCCO3)nc2c1C. The number of amides is 1. The average Bonchev–Trinajstić information content (AvgIpc) is 2.99. The van der Waals surface area contributed by atoms with E-state index in [1.54, 1.807) is 0 Å². The molecule has 6 nitrogen and oxygen atoms in total. The van der Waals surface area contributed by atoms with Crippen LogP contribution in [0.5, 0.6) is 0 Å². The van der Waals surface area contributed by atoms with Gasteiger partial charge in [0, 0.05) is 26.1 Å². The summed E-state index contributed by atoms with van der Waals surface area (Å²) in [6, 6.07) is 4.18. The van der Waals surface area contributed by atoms with Crippen molar-refractivity contribution < 1.29 is 9.53 Å². The fraction of sp³-hybridized carbons (Fsp3) is 0.529. The molecule has 1 aromatic heterocycles. The summed E-state index contributed by atoms with van der Waals surface area (Å²) in [4.78, 5) is 20.0. The Morgan fingerprint density at radius 3 is 3.09 bits per heavy atom. The number of aromatic nitrogens is 2. The van der Waals surface area contributed by atoms with Gasteiger partial charge >= 0.3 is 0 Å². The molecular weight excluding hydrogens is 292 g/mol. The highest BCUT2D eigenvalue weighted by atomic mass is 16.5. The summed E-state index contributed by atoms with van der Waals surface area (Å²) < 4.78 is 5.43. The molecule has 1 aliphatic rings. The highest BCUT2D eigenvalue weighted by Gasteiger charge is 2.20. The normalized spacial score (nSPS) is 18.3. The Hall–Kier alpha value is -1.92. The van der Waals surface area contributed by atoms with Crippen molar-refractivity contribution in [3.05, 3.63) is 29.1 Å². The standard InChI is InChI=1S/C17H24N4O2/c1-11-5-6-13-16(12(11)2)21-15(20-13)4-3-7-19-17(22)14-10-18-8-9-23-14/h5-6,14,18H,3-4,7-10H2,1-2H3,(H,19,22)(H,20,21)/t14-/m0/s1. The number of benzene rings is 1. The fourth-order valence-corrected chi connectivity index (χ4v) is 2.80. The Bertz CT molecular complexity index is 689. The number of rotatable bonds is 5. The van der Waals surface area contributed by atoms with E-state index in [0.29, 0.717) is 19.7 Å². The minimum atomic E-state index is -0.361. The molecule has 1 atom stereocenters. The first-order chi connectivity index (χ1) is 11.1. The first-order valence-corrected chi connectivity index (χ1v) is 8.20. The van der Waals surface area contributed by atoms with E-state index < -0.39 is 0 Å². The number of morpholine rings is 1. The van der Waals surface area contributed by atoms with Crippen molar-refractivity contribution in [2.75, 3.05) is 26.2 Å². The lowest BCUT2D eigenvalue weighted by molar-refractivity contribution is -0.134. The van der Waals surface area contributed by atoms with Gasteiger partial charge in [-0.3, -0.25) is 4.79 Å². The lowest BCUT2D eigenvalue weighted by atomic mass is 10.1. The number of aromatic amines is 1. The maximum atomic E-state index is 11.9. The number of nitrogens with zero attached hydrogens (tertiary/aromatic N) is 1. The molecule has 2 heterocycles. The molecule has 0 aliphatic carbocycles. The van der Waals surface area contributed by atoms with Gasteiger partial charge in [-0.25, -0.2) is 4.98 Å². The zero-order chi connectivity index (χ0) is 16.2. The van der Waals surface area contributed by atoms with Crippen LogP contribution in [0.1, 0.15) is 23.4 Å². The minimum absolute atomic E-state index is 0.0340. The van der Waals surface area contributed by atoms with Crippen molar-refractivity contribution in [3.63, 3.8) is 0 Å². The summed E-state index contributed by atoms with van der Waals surface area (Å²) in [5, 5.41) is 6.09. The van der Waals surface area contributed by atoms with Gasteiger partial charge in [0.25, 0.3) is 0 Å². The number of hydrogen-bond donors (Lipinski definition) is 3. The van der Waals surface area contributed by atoms with Crippen molar-refractivity contribution >= 4 is 16.9 Å². The number of fused-ring (bicyclic) bond motifs is 1. The smallest absolute Gasteiger partial charge is 0.250 e. The third kappa shape index (κ3) is 3.71. The molecule has 3 rings (SSSR count). The number of carbonyl (C=O) groups excluding carboxylic acids is 1. The molecule has 23 heavy (non-hydrogen) atoms. The molecule has 0 radical (unpaired) electrons. The van der Waals surface area contributed by atoms with E-state index in [1.807, 2.05) is 0 Å². The van der Waals surface area contributed by atoms with E-state index in [1.165, 1.54) is 11.1 Å². The lowest BCUT2D eigenvalue weighted by Crippen LogP contribution is -2.48. The molecule has 1 aliphatic heterocycles. The predicted molar refractivity (Wildman–Crippen MR) is 89.5 cm³/mol. The van der Waals surface area contributed by atoms with Gasteiger partial charge in [0.05, 0.1) is 17.6 Å². The number of imidazole rings is 1. The molecule has 3 N–H and O–H groups in total. The summed E-state index contributed by atoms with van der Waals surface area (Å²) >= 11 is 0. The molecular formula is C17H24N4O2. The highest BCUT2D eigenvalue weighted by Crippen LogP contribution is 2.19. The van der Waals surface area contributed by atoms with Crippen LogP contribution in [0.25, 0.3) is 11.0 Å². The Kier molecular flexibility index (Phi) is 4.93. The molecule has 0 unspecified atom stereocenters. The number of aryl methyl sites for hydroxylation is 3. The van der Waals surface area contributed by atoms with E-state index in [4.69, 9.17) is 4.74 Å². The van der Waals surface area contributed by atoms with Gasteiger partial charge in [0.2, 0.25) is 5.91 Å². The molecule has 1 amide bonds. The van der Waals surface area contributed by atoms with Crippen LogP contribution in [0.15, 0.2) is 12.1 Å². The zero-order valence-electron chi connectivity index (χ0n) is 13.7. The molecule has 1 fully saturated rings. The third-order valence-corrected chi connectivity index (χ3v) is 4.34. The van der Waals surface area contributed by atoms with Gasteiger partial charge < -0.3 is 20.4 Å². The summed E-state index contributed by atoms with van der Waals surface area (Å²) in [5.41, 5.74) is 4.60. The second-order valence-electron chi connectivity index (χ2n) is 6.05. The number of hydrogen-bond acceptors (Lipinski definition) is 4. The van der Waals surface area contributed by atoms with Crippen molar-refractivity contribution in [1.82, 2.24) is 20.6 Å². The molecule has 124 valence electrons. The highest BCUT2D eigenvalue weighted by molar-refractivity contribution is 5.81. The molecule has 2 aromatic rings. The van der Waals surface area contributed by atoms with Gasteiger partial charge in [0.1, 0.15) is 11.9 Å². The molecule has 1 aromatic carbocycles. The molecule has 0 spiro atoms. The van der Waals surface area contributed by atoms with Crippen LogP contribution in [0.2, 0.25) is 0 Å². The Morgan fingerprint density at radius 1 is 1.43 bits per heavy atom. The molecule has 6 heteroatoms. The summed E-state index contributed by atoms with van der Waals surface area (Å²) in [6.45, 7) is 6.83. The zero-order valence-corrected chi connectivity index (χ0v) is 13.7. The van der Waals surface area contributed by atoms with Gasteiger partial charge in [-0.05, 0) is 37.5 Å². The molecule has 1 saturated heterocycles. The Morgan fingerprint density at radius 2 is 2.30 bits per heavy atom. The van der Waals surface area contributed by atoms with Crippen LogP contribution >= 0.6 is 0 Å². The van der Waals surface area contributed by atoms with Gasteiger partial charge in [-0.2, -0.15) is 0 Å². The predicted octanol–water partition coefficient (Wildman–Crippen LogP) is 1.22. The van der Waals surface area contributed by atoms with Crippen molar-refractivity contribution in [2.45, 2.75) is 32.8 Å². The van der Waals surface area contributed by atoms with Crippen LogP contribution in [-0.2, 0) is 16.0 Å². The Labute approximate surface area is 136 Å². The fourth-order valence-electron chi connectivity index (χ4n) is 2.80. The van der Waals surface area contributed by atoms with E-state index >= 15 is 0 Å². The number of carbonyl (C=O) groups is 1. The van der Waals surface area contributed by atoms with Gasteiger partial charge in [0.15, 0.2) is 0 Å². The van der Waals surface area contributed by atoms with E-state index in [2.05, 4.69) is 46.6 Å². The van der Waals surface area contributed by atoms with Crippen LogP contribution in [-0.4, -0.2) is 48.2 Å². The molecule has 0 saturated carbocycles. The minimum Gasteiger partial charge on any atom is -0.366 e. The van der Waals surface area contributed by atoms with Crippen LogP contribution in [0, 0.1) is 13.8 Å². The van der Waals surface area contributed by atoms with Crippen molar-refractivity contribution in [2.24, 2.45) is 0 Å². The van der Waals surface area contributed by atoms with Gasteiger partial charge in [-0.1, -0.05) is 6.07 Å². The monoisotopic (exact) mass is 316 g/mol. The number of H-pyrrole nitrogens is 1. The Balaban J connectivity index is 1.49. The van der Waals surface area contributed by atoms with Crippen LogP contribution < -0.4 is 10.6 Å². The van der Waals surface area contributed by atoms with E-state index in [9.17, 15) is 4.79 Å². The van der Waals surface area contributed by atoms with E-state index in [0.717, 1.165) is 36.2 Å². The average molecular weight is 316 g/mol. The number of nitrogens with one attached hydrogen (secondary N) is 3. The van der Waals surface area contributed by atoms with Crippen molar-refractivity contribution in [1.29, 1.82) is 0 Å². The van der Waals surface area contributed by atoms with Gasteiger partial charge in [-0.15, -0.1) is 0 Å². The van der Waals surface area contributed by atoms with Crippen molar-refractivity contribution in [3.8, 4) is 0 Å². The maximum absolute atomic E-state index is 11.9. The largest absolute Gasteiger partial charge is 0.366 e. The second kappa shape index (κ2) is 7.10. The third-order valence-electron chi connectivity index (χ3n) is 4.34.